The van der Waals surface area contributed by atoms with Gasteiger partial charge in [-0.2, -0.15) is 0 Å². The summed E-state index contributed by atoms with van der Waals surface area (Å²) in [4.78, 5) is 15.9. The van der Waals surface area contributed by atoms with Crippen molar-refractivity contribution in [3.63, 3.8) is 0 Å². The number of rotatable bonds is 2. The van der Waals surface area contributed by atoms with Crippen LogP contribution in [0.15, 0.2) is 40.0 Å². The Morgan fingerprint density at radius 3 is 2.71 bits per heavy atom. The summed E-state index contributed by atoms with van der Waals surface area (Å²) in [5.74, 6) is 0. The van der Waals surface area contributed by atoms with E-state index in [2.05, 4.69) is 20.9 Å². The molecule has 0 aliphatic carbocycles. The number of hydrogen-bond acceptors (Lipinski definition) is 3. The first kappa shape index (κ1) is 11.9. The number of hydrogen-bond donors (Lipinski definition) is 1. The van der Waals surface area contributed by atoms with Gasteiger partial charge in [0.2, 0.25) is 0 Å². The van der Waals surface area contributed by atoms with E-state index in [9.17, 15) is 4.79 Å². The van der Waals surface area contributed by atoms with Crippen LogP contribution < -0.4 is 11.3 Å². The smallest absolute Gasteiger partial charge is 0.265 e. The molecule has 88 valence electrons. The summed E-state index contributed by atoms with van der Waals surface area (Å²) < 4.78 is 2.11. The van der Waals surface area contributed by atoms with E-state index in [0.717, 1.165) is 11.1 Å². The van der Waals surface area contributed by atoms with E-state index < -0.39 is 0 Å². The molecule has 0 saturated heterocycles. The maximum Gasteiger partial charge on any atom is 0.265 e. The van der Waals surface area contributed by atoms with Crippen LogP contribution in [0, 0.1) is 6.92 Å². The molecule has 0 aliphatic heterocycles. The third-order valence-electron chi connectivity index (χ3n) is 2.61. The molecule has 17 heavy (non-hydrogen) atoms. The topological polar surface area (TPSA) is 60.9 Å². The number of nitrogens with zero attached hydrogens (tertiary/aromatic N) is 2. The van der Waals surface area contributed by atoms with Crippen LogP contribution in [0.1, 0.15) is 11.1 Å². The molecule has 0 spiro atoms. The van der Waals surface area contributed by atoms with Crippen LogP contribution in [0.5, 0.6) is 0 Å². The largest absolute Gasteiger partial charge is 0.397 e. The minimum atomic E-state index is -0.0755. The first-order valence-electron chi connectivity index (χ1n) is 5.13. The van der Waals surface area contributed by atoms with Gasteiger partial charge in [-0.1, -0.05) is 0 Å². The van der Waals surface area contributed by atoms with Gasteiger partial charge >= 0.3 is 0 Å². The summed E-state index contributed by atoms with van der Waals surface area (Å²) in [6.07, 6.45) is 5.07. The third kappa shape index (κ3) is 2.39. The maximum absolute atomic E-state index is 12.0. The van der Waals surface area contributed by atoms with Gasteiger partial charge in [-0.15, -0.1) is 0 Å². The molecule has 0 bridgehead atoms. The predicted octanol–water partition coefficient (Wildman–Crippen LogP) is 1.94. The predicted molar refractivity (Wildman–Crippen MR) is 70.9 cm³/mol. The molecular formula is C12H12BrN3O. The zero-order chi connectivity index (χ0) is 12.4. The molecule has 2 aromatic heterocycles. The second-order valence-electron chi connectivity index (χ2n) is 3.81. The van der Waals surface area contributed by atoms with Crippen molar-refractivity contribution in [3.8, 4) is 0 Å². The molecule has 0 saturated carbocycles. The molecule has 0 aromatic carbocycles. The van der Waals surface area contributed by atoms with Crippen molar-refractivity contribution in [1.82, 2.24) is 9.55 Å². The van der Waals surface area contributed by atoms with Gasteiger partial charge in [0.25, 0.3) is 5.56 Å². The van der Waals surface area contributed by atoms with E-state index >= 15 is 0 Å². The summed E-state index contributed by atoms with van der Waals surface area (Å²) in [5.41, 5.74) is 8.16. The van der Waals surface area contributed by atoms with Crippen molar-refractivity contribution < 1.29 is 0 Å². The lowest BCUT2D eigenvalue weighted by Crippen LogP contribution is -2.22. The fraction of sp³-hybridized carbons (Fsp3) is 0.167. The summed E-state index contributed by atoms with van der Waals surface area (Å²) in [6, 6.07) is 3.74. The fourth-order valence-corrected chi connectivity index (χ4v) is 2.00. The molecule has 2 rings (SSSR count). The number of nitrogen functional groups attached to an aromatic ring is 1. The van der Waals surface area contributed by atoms with Crippen LogP contribution in [0.3, 0.4) is 0 Å². The number of aromatic nitrogens is 2. The van der Waals surface area contributed by atoms with E-state index in [0.29, 0.717) is 16.7 Å². The van der Waals surface area contributed by atoms with E-state index in [1.807, 2.05) is 19.1 Å². The fourth-order valence-electron chi connectivity index (χ4n) is 1.54. The highest BCUT2D eigenvalue weighted by Crippen LogP contribution is 2.17. The van der Waals surface area contributed by atoms with E-state index in [4.69, 9.17) is 5.73 Å². The second kappa shape index (κ2) is 4.71. The van der Waals surface area contributed by atoms with Crippen molar-refractivity contribution in [1.29, 1.82) is 0 Å². The van der Waals surface area contributed by atoms with Crippen molar-refractivity contribution in [3.05, 3.63) is 56.7 Å². The van der Waals surface area contributed by atoms with Gasteiger partial charge in [0.1, 0.15) is 0 Å². The Hall–Kier alpha value is -1.62. The van der Waals surface area contributed by atoms with Gasteiger partial charge in [0, 0.05) is 18.6 Å². The number of nitrogens with two attached hydrogens (primary N) is 1. The minimum absolute atomic E-state index is 0.0755. The molecule has 2 N–H and O–H groups in total. The molecule has 2 heterocycles. The zero-order valence-corrected chi connectivity index (χ0v) is 10.9. The molecule has 0 amide bonds. The van der Waals surface area contributed by atoms with Crippen molar-refractivity contribution in [2.75, 3.05) is 5.73 Å². The molecule has 0 atom stereocenters. The van der Waals surface area contributed by atoms with Crippen LogP contribution in [-0.4, -0.2) is 9.55 Å². The molecular weight excluding hydrogens is 282 g/mol. The van der Waals surface area contributed by atoms with Crippen molar-refractivity contribution >= 4 is 21.6 Å². The third-order valence-corrected chi connectivity index (χ3v) is 3.54. The molecule has 0 radical (unpaired) electrons. The summed E-state index contributed by atoms with van der Waals surface area (Å²) >= 11 is 3.27. The van der Waals surface area contributed by atoms with Gasteiger partial charge in [-0.25, -0.2) is 0 Å². The normalized spacial score (nSPS) is 10.5. The van der Waals surface area contributed by atoms with Crippen molar-refractivity contribution in [2.24, 2.45) is 0 Å². The Bertz CT molecular complexity index is 593. The summed E-state index contributed by atoms with van der Waals surface area (Å²) in [6.45, 7) is 2.31. The van der Waals surface area contributed by atoms with Gasteiger partial charge in [0.05, 0.1) is 16.7 Å². The van der Waals surface area contributed by atoms with E-state index in [1.54, 1.807) is 23.2 Å². The molecule has 4 nitrogen and oxygen atoms in total. The van der Waals surface area contributed by atoms with Crippen LogP contribution in [0.4, 0.5) is 5.69 Å². The molecule has 5 heteroatoms. The standard InChI is InChI=1S/C12H12BrN3O/c1-8-10(14)7-16(12(17)11(8)13)6-9-2-4-15-5-3-9/h2-5,7H,6,14H2,1H3. The zero-order valence-electron chi connectivity index (χ0n) is 9.35. The van der Waals surface area contributed by atoms with E-state index in [1.165, 1.54) is 0 Å². The first-order valence-corrected chi connectivity index (χ1v) is 5.93. The minimum Gasteiger partial charge on any atom is -0.397 e. The van der Waals surface area contributed by atoms with Crippen LogP contribution in [-0.2, 0) is 6.54 Å². The Balaban J connectivity index is 2.44. The second-order valence-corrected chi connectivity index (χ2v) is 4.60. The number of pyridine rings is 2. The highest BCUT2D eigenvalue weighted by molar-refractivity contribution is 9.10. The molecule has 0 unspecified atom stereocenters. The molecule has 0 fully saturated rings. The van der Waals surface area contributed by atoms with Gasteiger partial charge in [-0.05, 0) is 46.1 Å². The Morgan fingerprint density at radius 1 is 1.41 bits per heavy atom. The number of halogens is 1. The molecule has 0 aliphatic rings. The lowest BCUT2D eigenvalue weighted by Gasteiger charge is -2.10. The highest BCUT2D eigenvalue weighted by atomic mass is 79.9. The lowest BCUT2D eigenvalue weighted by atomic mass is 10.2. The quantitative estimate of drug-likeness (QED) is 0.921. The average Bonchev–Trinajstić information content (AvgIpc) is 2.35. The van der Waals surface area contributed by atoms with Crippen molar-refractivity contribution in [2.45, 2.75) is 13.5 Å². The van der Waals surface area contributed by atoms with E-state index in [-0.39, 0.29) is 5.56 Å². The Labute approximate surface area is 107 Å². The number of anilines is 1. The van der Waals surface area contributed by atoms with Gasteiger partial charge in [0.15, 0.2) is 0 Å². The summed E-state index contributed by atoms with van der Waals surface area (Å²) in [5, 5.41) is 0. The molecule has 2 aromatic rings. The van der Waals surface area contributed by atoms with Crippen LogP contribution in [0.25, 0.3) is 0 Å². The van der Waals surface area contributed by atoms with Crippen LogP contribution in [0.2, 0.25) is 0 Å². The Kier molecular flexibility index (Phi) is 3.28. The monoisotopic (exact) mass is 293 g/mol. The van der Waals surface area contributed by atoms with Crippen LogP contribution >= 0.6 is 15.9 Å². The Morgan fingerprint density at radius 2 is 2.06 bits per heavy atom. The first-order chi connectivity index (χ1) is 8.09. The SMILES string of the molecule is Cc1c(N)cn(Cc2ccncc2)c(=O)c1Br. The van der Waals surface area contributed by atoms with Gasteiger partial charge < -0.3 is 10.3 Å². The lowest BCUT2D eigenvalue weighted by molar-refractivity contribution is 0.753. The summed E-state index contributed by atoms with van der Waals surface area (Å²) in [7, 11) is 0. The average molecular weight is 294 g/mol. The highest BCUT2D eigenvalue weighted by Gasteiger charge is 2.08. The van der Waals surface area contributed by atoms with Gasteiger partial charge in [-0.3, -0.25) is 9.78 Å². The maximum atomic E-state index is 12.0.